The summed E-state index contributed by atoms with van der Waals surface area (Å²) in [5, 5.41) is 13.8. The van der Waals surface area contributed by atoms with Crippen molar-refractivity contribution in [3.63, 3.8) is 0 Å². The average molecular weight is 428 g/mol. The number of aromatic nitrogens is 2. The maximum Gasteiger partial charge on any atom is 0.226 e. The third-order valence-corrected chi connectivity index (χ3v) is 6.74. The number of carbonyl (C=O) groups excluding carboxylic acids is 1. The first-order chi connectivity index (χ1) is 14.1. The van der Waals surface area contributed by atoms with Crippen molar-refractivity contribution in [2.75, 3.05) is 18.4 Å². The monoisotopic (exact) mass is 427 g/mol. The molecule has 1 aliphatic heterocycles. The molecule has 0 spiro atoms. The lowest BCUT2D eigenvalue weighted by molar-refractivity contribution is -0.116. The topological polar surface area (TPSA) is 78.9 Å². The average Bonchev–Trinajstić information content (AvgIpc) is 3.32. The lowest BCUT2D eigenvalue weighted by Gasteiger charge is -2.13. The van der Waals surface area contributed by atoms with E-state index >= 15 is 0 Å². The molecule has 3 aromatic heterocycles. The molecule has 4 rings (SSSR count). The van der Waals surface area contributed by atoms with Crippen molar-refractivity contribution >= 4 is 33.6 Å². The predicted molar refractivity (Wildman–Crippen MR) is 120 cm³/mol. The summed E-state index contributed by atoms with van der Waals surface area (Å²) in [5.41, 5.74) is 4.14. The Bertz CT molecular complexity index is 980. The van der Waals surface area contributed by atoms with Crippen LogP contribution in [0, 0.1) is 0 Å². The molecule has 0 unspecified atom stereocenters. The molecule has 0 saturated carbocycles. The zero-order chi connectivity index (χ0) is 20.2. The van der Waals surface area contributed by atoms with E-state index in [9.17, 15) is 4.79 Å². The van der Waals surface area contributed by atoms with Gasteiger partial charge in [0.2, 0.25) is 5.91 Å². The Morgan fingerprint density at radius 3 is 3.00 bits per heavy atom. The van der Waals surface area contributed by atoms with E-state index in [2.05, 4.69) is 34.8 Å². The molecule has 0 bridgehead atoms. The number of thiophene rings is 1. The number of nitrogens with one attached hydrogen (secondary N) is 3. The van der Waals surface area contributed by atoms with Crippen molar-refractivity contribution in [1.82, 2.24) is 20.6 Å². The van der Waals surface area contributed by atoms with Crippen molar-refractivity contribution in [2.45, 2.75) is 39.3 Å². The quantitative estimate of drug-likeness (QED) is 0.533. The number of hydrogen-bond donors (Lipinski definition) is 3. The Morgan fingerprint density at radius 1 is 1.31 bits per heavy atom. The molecule has 0 aromatic carbocycles. The van der Waals surface area contributed by atoms with E-state index in [4.69, 9.17) is 4.98 Å². The van der Waals surface area contributed by atoms with Crippen molar-refractivity contribution in [3.05, 3.63) is 40.2 Å². The number of fused-ring (bicyclic) bond motifs is 1. The van der Waals surface area contributed by atoms with Gasteiger partial charge in [-0.1, -0.05) is 19.9 Å². The SMILES string of the molecule is CC(C)NCCC(=O)Nc1sc2c(c1-c1nc(-c3ccccn3)cs1)CCNC2. The highest BCUT2D eigenvalue weighted by atomic mass is 32.1. The third-order valence-electron chi connectivity index (χ3n) is 4.73. The molecule has 1 aliphatic rings. The van der Waals surface area contributed by atoms with E-state index in [1.165, 1.54) is 10.4 Å². The summed E-state index contributed by atoms with van der Waals surface area (Å²) in [6.07, 6.45) is 3.18. The van der Waals surface area contributed by atoms with Crippen LogP contribution in [0.2, 0.25) is 0 Å². The van der Waals surface area contributed by atoms with Gasteiger partial charge in [0, 0.05) is 47.6 Å². The lowest BCUT2D eigenvalue weighted by Crippen LogP contribution is -2.27. The van der Waals surface area contributed by atoms with Gasteiger partial charge in [-0.25, -0.2) is 4.98 Å². The Hall–Kier alpha value is -2.13. The van der Waals surface area contributed by atoms with Crippen LogP contribution < -0.4 is 16.0 Å². The summed E-state index contributed by atoms with van der Waals surface area (Å²) >= 11 is 3.28. The van der Waals surface area contributed by atoms with Gasteiger partial charge in [-0.3, -0.25) is 9.78 Å². The summed E-state index contributed by atoms with van der Waals surface area (Å²) < 4.78 is 0. The second kappa shape index (κ2) is 9.13. The van der Waals surface area contributed by atoms with E-state index in [1.54, 1.807) is 28.9 Å². The lowest BCUT2D eigenvalue weighted by atomic mass is 10.0. The van der Waals surface area contributed by atoms with E-state index < -0.39 is 0 Å². The van der Waals surface area contributed by atoms with Gasteiger partial charge < -0.3 is 16.0 Å². The first-order valence-electron chi connectivity index (χ1n) is 9.87. The standard InChI is InChI=1S/C21H25N5OS2/c1-13(2)23-10-7-18(27)26-21-19(14-6-9-22-11-17(14)29-21)20-25-16(12-28-20)15-5-3-4-8-24-15/h3-5,8,12-13,22-23H,6-7,9-11H2,1-2H3,(H,26,27). The molecule has 8 heteroatoms. The zero-order valence-electron chi connectivity index (χ0n) is 16.6. The van der Waals surface area contributed by atoms with E-state index in [0.717, 1.165) is 46.5 Å². The summed E-state index contributed by atoms with van der Waals surface area (Å²) in [5.74, 6) is 0.0347. The Labute approximate surface area is 178 Å². The molecule has 1 amide bonds. The van der Waals surface area contributed by atoms with Crippen LogP contribution in [0.4, 0.5) is 5.00 Å². The van der Waals surface area contributed by atoms with Crippen LogP contribution in [0.15, 0.2) is 29.8 Å². The number of thiazole rings is 1. The van der Waals surface area contributed by atoms with Gasteiger partial charge in [0.15, 0.2) is 0 Å². The van der Waals surface area contributed by atoms with E-state index in [0.29, 0.717) is 19.0 Å². The summed E-state index contributed by atoms with van der Waals surface area (Å²) in [7, 11) is 0. The van der Waals surface area contributed by atoms with Gasteiger partial charge in [0.1, 0.15) is 15.7 Å². The molecule has 6 nitrogen and oxygen atoms in total. The third kappa shape index (κ3) is 4.72. The highest BCUT2D eigenvalue weighted by Gasteiger charge is 2.25. The molecule has 0 fully saturated rings. The predicted octanol–water partition coefficient (Wildman–Crippen LogP) is 3.91. The van der Waals surface area contributed by atoms with Crippen molar-refractivity contribution in [1.29, 1.82) is 0 Å². The van der Waals surface area contributed by atoms with Crippen LogP contribution in [0.25, 0.3) is 22.0 Å². The first-order valence-corrected chi connectivity index (χ1v) is 11.6. The maximum atomic E-state index is 12.5. The van der Waals surface area contributed by atoms with E-state index in [1.807, 2.05) is 23.6 Å². The van der Waals surface area contributed by atoms with Gasteiger partial charge in [-0.15, -0.1) is 22.7 Å². The Morgan fingerprint density at radius 2 is 2.21 bits per heavy atom. The smallest absolute Gasteiger partial charge is 0.226 e. The van der Waals surface area contributed by atoms with Crippen molar-refractivity contribution in [3.8, 4) is 22.0 Å². The van der Waals surface area contributed by atoms with Crippen LogP contribution >= 0.6 is 22.7 Å². The number of anilines is 1. The fourth-order valence-corrected chi connectivity index (χ4v) is 5.52. The largest absolute Gasteiger partial charge is 0.317 e. The second-order valence-electron chi connectivity index (χ2n) is 7.29. The highest BCUT2D eigenvalue weighted by Crippen LogP contribution is 2.44. The zero-order valence-corrected chi connectivity index (χ0v) is 18.3. The fourth-order valence-electron chi connectivity index (χ4n) is 3.33. The van der Waals surface area contributed by atoms with Crippen LogP contribution in [0.1, 0.15) is 30.7 Å². The van der Waals surface area contributed by atoms with Gasteiger partial charge >= 0.3 is 0 Å². The second-order valence-corrected chi connectivity index (χ2v) is 9.26. The Balaban J connectivity index is 1.61. The first kappa shape index (κ1) is 20.2. The summed E-state index contributed by atoms with van der Waals surface area (Å²) in [6.45, 7) is 6.62. The van der Waals surface area contributed by atoms with E-state index in [-0.39, 0.29) is 5.91 Å². The molecule has 3 aromatic rings. The minimum Gasteiger partial charge on any atom is -0.317 e. The fraction of sp³-hybridized carbons (Fsp3) is 0.381. The molecule has 0 atom stereocenters. The van der Waals surface area contributed by atoms with Gasteiger partial charge in [-0.2, -0.15) is 0 Å². The molecule has 3 N–H and O–H groups in total. The summed E-state index contributed by atoms with van der Waals surface area (Å²) in [4.78, 5) is 23.1. The molecule has 29 heavy (non-hydrogen) atoms. The normalized spacial score (nSPS) is 13.5. The van der Waals surface area contributed by atoms with Crippen molar-refractivity contribution < 1.29 is 4.79 Å². The number of amides is 1. The molecule has 152 valence electrons. The van der Waals surface area contributed by atoms with Gasteiger partial charge in [-0.05, 0) is 30.7 Å². The summed E-state index contributed by atoms with van der Waals surface area (Å²) in [6, 6.07) is 6.21. The van der Waals surface area contributed by atoms with Crippen LogP contribution in [-0.4, -0.2) is 35.0 Å². The highest BCUT2D eigenvalue weighted by molar-refractivity contribution is 7.18. The Kier molecular flexibility index (Phi) is 6.34. The maximum absolute atomic E-state index is 12.5. The van der Waals surface area contributed by atoms with Crippen molar-refractivity contribution in [2.24, 2.45) is 0 Å². The molecule has 0 saturated heterocycles. The number of rotatable bonds is 7. The molecular formula is C21H25N5OS2. The number of nitrogens with zero attached hydrogens (tertiary/aromatic N) is 2. The minimum atomic E-state index is 0.0347. The van der Waals surface area contributed by atoms with Crippen LogP contribution in [0.3, 0.4) is 0 Å². The molecule has 4 heterocycles. The number of pyridine rings is 1. The minimum absolute atomic E-state index is 0.0347. The molecule has 0 radical (unpaired) electrons. The molecular weight excluding hydrogens is 402 g/mol. The number of carbonyl (C=O) groups is 1. The van der Waals surface area contributed by atoms with Gasteiger partial charge in [0.05, 0.1) is 5.69 Å². The number of hydrogen-bond acceptors (Lipinski definition) is 7. The van der Waals surface area contributed by atoms with Crippen LogP contribution in [0.5, 0.6) is 0 Å². The van der Waals surface area contributed by atoms with Crippen LogP contribution in [-0.2, 0) is 17.8 Å². The molecule has 0 aliphatic carbocycles. The van der Waals surface area contributed by atoms with Gasteiger partial charge in [0.25, 0.3) is 0 Å².